The molecule has 1 N–H and O–H groups in total. The van der Waals surface area contributed by atoms with E-state index in [4.69, 9.17) is 0 Å². The fraction of sp³-hybridized carbons (Fsp3) is 0.357. The predicted octanol–water partition coefficient (Wildman–Crippen LogP) is 2.45. The number of nitro groups is 1. The van der Waals surface area contributed by atoms with Gasteiger partial charge in [-0.3, -0.25) is 14.8 Å². The highest BCUT2D eigenvalue weighted by atomic mass is 16.6. The lowest BCUT2D eigenvalue weighted by Crippen LogP contribution is -2.11. The zero-order chi connectivity index (χ0) is 14.9. The maximum absolute atomic E-state index is 10.9. The molecule has 0 saturated heterocycles. The summed E-state index contributed by atoms with van der Waals surface area (Å²) in [4.78, 5) is 10.5. The minimum absolute atomic E-state index is 0.0149. The van der Waals surface area contributed by atoms with E-state index >= 15 is 0 Å². The molecule has 2 aromatic rings. The molecule has 0 fully saturated rings. The van der Waals surface area contributed by atoms with Crippen LogP contribution in [0, 0.1) is 30.9 Å². The monoisotopic (exact) mass is 275 g/mol. The molecule has 1 aromatic heterocycles. The number of aliphatic hydroxyl groups is 1. The molecule has 1 aromatic carbocycles. The smallest absolute Gasteiger partial charge is 0.312 e. The standard InChI is InChI=1S/C14H17N3O3/c1-9-4-6-12(7-5-9)13(18)8-16-11(3)14(17(19)20)10(2)15-16/h4-7,13,18H,8H2,1-3H3. The lowest BCUT2D eigenvalue weighted by Gasteiger charge is -2.12. The number of aromatic nitrogens is 2. The summed E-state index contributed by atoms with van der Waals surface area (Å²) in [6, 6.07) is 7.53. The van der Waals surface area contributed by atoms with Crippen molar-refractivity contribution in [3.63, 3.8) is 0 Å². The average Bonchev–Trinajstić information content (AvgIpc) is 2.65. The van der Waals surface area contributed by atoms with Crippen LogP contribution in [0.4, 0.5) is 5.69 Å². The quantitative estimate of drug-likeness (QED) is 0.686. The van der Waals surface area contributed by atoms with Gasteiger partial charge in [0.2, 0.25) is 0 Å². The van der Waals surface area contributed by atoms with Crippen molar-refractivity contribution in [3.8, 4) is 0 Å². The van der Waals surface area contributed by atoms with Gasteiger partial charge in [0, 0.05) is 0 Å². The average molecular weight is 275 g/mol. The minimum atomic E-state index is -0.742. The van der Waals surface area contributed by atoms with Crippen LogP contribution in [0.5, 0.6) is 0 Å². The van der Waals surface area contributed by atoms with Gasteiger partial charge < -0.3 is 5.11 Å². The van der Waals surface area contributed by atoms with Crippen LogP contribution in [0.1, 0.15) is 28.6 Å². The van der Waals surface area contributed by atoms with Crippen LogP contribution in [0.3, 0.4) is 0 Å². The van der Waals surface area contributed by atoms with Gasteiger partial charge in [-0.1, -0.05) is 29.8 Å². The molecule has 1 heterocycles. The van der Waals surface area contributed by atoms with Gasteiger partial charge in [-0.25, -0.2) is 0 Å². The van der Waals surface area contributed by atoms with E-state index < -0.39 is 11.0 Å². The molecule has 106 valence electrons. The third-order valence-corrected chi connectivity index (χ3v) is 3.33. The third kappa shape index (κ3) is 2.70. The highest BCUT2D eigenvalue weighted by molar-refractivity contribution is 5.39. The largest absolute Gasteiger partial charge is 0.386 e. The Labute approximate surface area is 116 Å². The van der Waals surface area contributed by atoms with Gasteiger partial charge >= 0.3 is 5.69 Å². The topological polar surface area (TPSA) is 81.2 Å². The number of nitrogens with zero attached hydrogens (tertiary/aromatic N) is 3. The Morgan fingerprint density at radius 1 is 1.30 bits per heavy atom. The minimum Gasteiger partial charge on any atom is -0.386 e. The Morgan fingerprint density at radius 2 is 1.90 bits per heavy atom. The fourth-order valence-corrected chi connectivity index (χ4v) is 2.19. The maximum Gasteiger partial charge on any atom is 0.312 e. The molecule has 0 aliphatic heterocycles. The van der Waals surface area contributed by atoms with E-state index in [9.17, 15) is 15.2 Å². The van der Waals surface area contributed by atoms with Gasteiger partial charge in [-0.15, -0.1) is 0 Å². The number of aryl methyl sites for hydroxylation is 2. The summed E-state index contributed by atoms with van der Waals surface area (Å²) in [6.45, 7) is 5.41. The summed E-state index contributed by atoms with van der Waals surface area (Å²) in [5.74, 6) is 0. The summed E-state index contributed by atoms with van der Waals surface area (Å²) in [7, 11) is 0. The lowest BCUT2D eigenvalue weighted by atomic mass is 10.1. The second-order valence-electron chi connectivity index (χ2n) is 4.89. The number of hydrogen-bond donors (Lipinski definition) is 1. The van der Waals surface area contributed by atoms with Crippen molar-refractivity contribution in [2.45, 2.75) is 33.4 Å². The van der Waals surface area contributed by atoms with Crippen molar-refractivity contribution < 1.29 is 10.0 Å². The SMILES string of the molecule is Cc1ccc(C(O)Cn2nc(C)c([N+](=O)[O-])c2C)cc1. The first-order valence-corrected chi connectivity index (χ1v) is 6.33. The first-order chi connectivity index (χ1) is 9.40. The van der Waals surface area contributed by atoms with Crippen LogP contribution < -0.4 is 0 Å². The Bertz CT molecular complexity index is 632. The zero-order valence-electron chi connectivity index (χ0n) is 11.7. The molecule has 0 bridgehead atoms. The fourth-order valence-electron chi connectivity index (χ4n) is 2.19. The Kier molecular flexibility index (Phi) is 3.85. The summed E-state index contributed by atoms with van der Waals surface area (Å²) in [5.41, 5.74) is 2.72. The van der Waals surface area contributed by atoms with Gasteiger partial charge in [0.25, 0.3) is 0 Å². The molecule has 0 radical (unpaired) electrons. The van der Waals surface area contributed by atoms with Gasteiger partial charge in [-0.05, 0) is 26.3 Å². The van der Waals surface area contributed by atoms with E-state index in [2.05, 4.69) is 5.10 Å². The summed E-state index contributed by atoms with van der Waals surface area (Å²) in [6.07, 6.45) is -0.742. The van der Waals surface area contributed by atoms with Gasteiger partial charge in [0.15, 0.2) is 0 Å². The van der Waals surface area contributed by atoms with E-state index in [1.165, 1.54) is 4.68 Å². The lowest BCUT2D eigenvalue weighted by molar-refractivity contribution is -0.386. The molecule has 2 rings (SSSR count). The molecule has 1 unspecified atom stereocenters. The van der Waals surface area contributed by atoms with Crippen LogP contribution in [-0.2, 0) is 6.54 Å². The molecule has 6 heteroatoms. The second kappa shape index (κ2) is 5.42. The van der Waals surface area contributed by atoms with E-state index in [-0.39, 0.29) is 12.2 Å². The van der Waals surface area contributed by atoms with Crippen molar-refractivity contribution in [2.24, 2.45) is 0 Å². The van der Waals surface area contributed by atoms with E-state index in [0.29, 0.717) is 11.4 Å². The summed E-state index contributed by atoms with van der Waals surface area (Å²) >= 11 is 0. The molecule has 0 spiro atoms. The number of hydrogen-bond acceptors (Lipinski definition) is 4. The second-order valence-corrected chi connectivity index (χ2v) is 4.89. The molecule has 0 aliphatic rings. The van der Waals surface area contributed by atoms with Gasteiger partial charge in [-0.2, -0.15) is 5.10 Å². The number of rotatable bonds is 4. The van der Waals surface area contributed by atoms with Crippen LogP contribution in [0.15, 0.2) is 24.3 Å². The highest BCUT2D eigenvalue weighted by Gasteiger charge is 2.23. The van der Waals surface area contributed by atoms with E-state index in [0.717, 1.165) is 11.1 Å². The Morgan fingerprint density at radius 3 is 2.40 bits per heavy atom. The van der Waals surface area contributed by atoms with Gasteiger partial charge in [0.1, 0.15) is 11.4 Å². The van der Waals surface area contributed by atoms with Crippen molar-refractivity contribution in [2.75, 3.05) is 0 Å². The molecular formula is C14H17N3O3. The van der Waals surface area contributed by atoms with E-state index in [1.807, 2.05) is 31.2 Å². The summed E-state index contributed by atoms with van der Waals surface area (Å²) < 4.78 is 1.48. The molecule has 20 heavy (non-hydrogen) atoms. The van der Waals surface area contributed by atoms with Crippen LogP contribution in [-0.4, -0.2) is 19.8 Å². The predicted molar refractivity (Wildman–Crippen MR) is 74.5 cm³/mol. The van der Waals surface area contributed by atoms with E-state index in [1.54, 1.807) is 13.8 Å². The molecule has 6 nitrogen and oxygen atoms in total. The van der Waals surface area contributed by atoms with Crippen molar-refractivity contribution >= 4 is 5.69 Å². The van der Waals surface area contributed by atoms with Crippen LogP contribution >= 0.6 is 0 Å². The van der Waals surface area contributed by atoms with Crippen molar-refractivity contribution in [3.05, 3.63) is 56.9 Å². The Hall–Kier alpha value is -2.21. The highest BCUT2D eigenvalue weighted by Crippen LogP contribution is 2.24. The zero-order valence-corrected chi connectivity index (χ0v) is 11.7. The normalized spacial score (nSPS) is 12.4. The third-order valence-electron chi connectivity index (χ3n) is 3.33. The molecule has 0 amide bonds. The number of aliphatic hydroxyl groups excluding tert-OH is 1. The first-order valence-electron chi connectivity index (χ1n) is 6.33. The first kappa shape index (κ1) is 14.2. The van der Waals surface area contributed by atoms with Gasteiger partial charge in [0.05, 0.1) is 17.6 Å². The molecule has 0 saturated carbocycles. The summed E-state index contributed by atoms with van der Waals surface area (Å²) in [5, 5.41) is 25.3. The Balaban J connectivity index is 2.24. The van der Waals surface area contributed by atoms with Crippen LogP contribution in [0.25, 0.3) is 0 Å². The molecule has 1 atom stereocenters. The molecule has 0 aliphatic carbocycles. The molecular weight excluding hydrogens is 258 g/mol. The maximum atomic E-state index is 10.9. The van der Waals surface area contributed by atoms with Crippen molar-refractivity contribution in [1.29, 1.82) is 0 Å². The van der Waals surface area contributed by atoms with Crippen LogP contribution in [0.2, 0.25) is 0 Å². The number of benzene rings is 1. The van der Waals surface area contributed by atoms with Crippen molar-refractivity contribution in [1.82, 2.24) is 9.78 Å².